The maximum absolute atomic E-state index is 13.6. The predicted molar refractivity (Wildman–Crippen MR) is 135 cm³/mol. The van der Waals surface area contributed by atoms with Crippen LogP contribution in [0.2, 0.25) is 0 Å². The third kappa shape index (κ3) is 4.43. The largest absolute Gasteiger partial charge is 0.396 e. The van der Waals surface area contributed by atoms with Gasteiger partial charge in [0.1, 0.15) is 5.78 Å². The quantitative estimate of drug-likeness (QED) is 0.590. The van der Waals surface area contributed by atoms with E-state index in [1.807, 2.05) is 6.92 Å². The van der Waals surface area contributed by atoms with Crippen molar-refractivity contribution in [3.05, 3.63) is 0 Å². The van der Waals surface area contributed by atoms with Crippen molar-refractivity contribution < 1.29 is 23.4 Å². The molecule has 0 aromatic rings. The second kappa shape index (κ2) is 9.04. The molecular weight excluding hydrogens is 464 g/mol. The Morgan fingerprint density at radius 3 is 2.31 bits per heavy atom. The highest BCUT2D eigenvalue weighted by atomic mass is 32.2. The standard InChI is InChI=1S/C27H46N2O5S/c1-25(32)10-11-27(18-30)19(16-25)4-5-20-21-6-7-23(26(21,2)9-8-22(20)27)24(31)17-28-12-14-29(15-13-28)35(3,33)34/h19-23,30,32H,4-18H2,1-3H3/t19-,20-,21-,22-,23+,25+,26-,27+/m0/s1. The lowest BCUT2D eigenvalue weighted by atomic mass is 9.43. The number of piperazine rings is 1. The first-order valence-corrected chi connectivity index (χ1v) is 15.8. The van der Waals surface area contributed by atoms with E-state index < -0.39 is 15.6 Å². The minimum absolute atomic E-state index is 0.0382. The molecule has 0 amide bonds. The fourth-order valence-electron chi connectivity index (χ4n) is 9.62. The first kappa shape index (κ1) is 26.1. The zero-order chi connectivity index (χ0) is 25.2. The van der Waals surface area contributed by atoms with E-state index in [0.29, 0.717) is 62.2 Å². The fraction of sp³-hybridized carbons (Fsp3) is 0.963. The van der Waals surface area contributed by atoms with Gasteiger partial charge in [-0.15, -0.1) is 0 Å². The summed E-state index contributed by atoms with van der Waals surface area (Å²) in [5, 5.41) is 21.4. The van der Waals surface area contributed by atoms with Crippen LogP contribution < -0.4 is 0 Å². The molecule has 0 bridgehead atoms. The number of nitrogens with zero attached hydrogens (tertiary/aromatic N) is 2. The van der Waals surface area contributed by atoms with E-state index in [9.17, 15) is 23.4 Å². The van der Waals surface area contributed by atoms with E-state index in [2.05, 4.69) is 11.8 Å². The van der Waals surface area contributed by atoms with Gasteiger partial charge in [-0.25, -0.2) is 8.42 Å². The molecule has 8 heteroatoms. The van der Waals surface area contributed by atoms with Crippen LogP contribution >= 0.6 is 0 Å². The van der Waals surface area contributed by atoms with Crippen molar-refractivity contribution in [2.24, 2.45) is 40.4 Å². The van der Waals surface area contributed by atoms with Gasteiger partial charge in [0.2, 0.25) is 10.0 Å². The van der Waals surface area contributed by atoms with Crippen molar-refractivity contribution in [2.75, 3.05) is 45.6 Å². The summed E-state index contributed by atoms with van der Waals surface area (Å²) in [7, 11) is -3.16. The van der Waals surface area contributed by atoms with E-state index in [1.165, 1.54) is 17.0 Å². The highest BCUT2D eigenvalue weighted by Gasteiger charge is 2.63. The van der Waals surface area contributed by atoms with E-state index >= 15 is 0 Å². The van der Waals surface area contributed by atoms with Crippen molar-refractivity contribution in [2.45, 2.75) is 77.2 Å². The van der Waals surface area contributed by atoms with Crippen LogP contribution in [0.15, 0.2) is 0 Å². The molecule has 4 saturated carbocycles. The maximum Gasteiger partial charge on any atom is 0.211 e. The molecule has 0 spiro atoms. The fourth-order valence-corrected chi connectivity index (χ4v) is 10.4. The second-order valence-electron chi connectivity index (χ2n) is 13.3. The number of sulfonamides is 1. The molecule has 5 fully saturated rings. The van der Waals surface area contributed by atoms with Crippen molar-refractivity contribution >= 4 is 15.8 Å². The molecule has 0 aromatic carbocycles. The van der Waals surface area contributed by atoms with Gasteiger partial charge in [0, 0.05) is 38.7 Å². The number of carbonyl (C=O) groups excluding carboxylic acids is 1. The minimum atomic E-state index is -3.16. The summed E-state index contributed by atoms with van der Waals surface area (Å²) in [6.07, 6.45) is 10.3. The number of Topliss-reactive ketones (excluding diaryl/α,β-unsaturated/α-hetero) is 1. The molecule has 0 radical (unpaired) electrons. The van der Waals surface area contributed by atoms with Gasteiger partial charge in [-0.2, -0.15) is 4.31 Å². The molecule has 0 aromatic heterocycles. The number of ketones is 1. The average Bonchev–Trinajstić information content (AvgIpc) is 3.15. The summed E-state index contributed by atoms with van der Waals surface area (Å²) >= 11 is 0. The smallest absolute Gasteiger partial charge is 0.211 e. The number of hydrogen-bond acceptors (Lipinski definition) is 6. The molecular formula is C27H46N2O5S. The molecule has 1 saturated heterocycles. The zero-order valence-electron chi connectivity index (χ0n) is 21.9. The van der Waals surface area contributed by atoms with Gasteiger partial charge < -0.3 is 10.2 Å². The van der Waals surface area contributed by atoms with Crippen molar-refractivity contribution in [3.63, 3.8) is 0 Å². The molecule has 8 atom stereocenters. The van der Waals surface area contributed by atoms with Gasteiger partial charge in [-0.3, -0.25) is 9.69 Å². The lowest BCUT2D eigenvalue weighted by Crippen LogP contribution is -2.58. The van der Waals surface area contributed by atoms with E-state index in [-0.39, 0.29) is 23.4 Å². The summed E-state index contributed by atoms with van der Waals surface area (Å²) in [6, 6.07) is 0. The first-order valence-electron chi connectivity index (χ1n) is 13.9. The number of aliphatic hydroxyl groups is 2. The Labute approximate surface area is 211 Å². The maximum atomic E-state index is 13.6. The molecule has 5 aliphatic rings. The van der Waals surface area contributed by atoms with Gasteiger partial charge in [0.25, 0.3) is 0 Å². The highest BCUT2D eigenvalue weighted by Crippen LogP contribution is 2.68. The normalized spacial score (nSPS) is 47.1. The molecule has 1 heterocycles. The molecule has 2 N–H and O–H groups in total. The molecule has 200 valence electrons. The summed E-state index contributed by atoms with van der Waals surface area (Å²) < 4.78 is 25.1. The number of carbonyl (C=O) groups is 1. The lowest BCUT2D eigenvalue weighted by molar-refractivity contribution is -0.171. The molecule has 35 heavy (non-hydrogen) atoms. The third-order valence-corrected chi connectivity index (χ3v) is 12.8. The zero-order valence-corrected chi connectivity index (χ0v) is 22.7. The summed E-state index contributed by atoms with van der Waals surface area (Å²) in [5.41, 5.74) is -0.610. The Morgan fingerprint density at radius 2 is 1.66 bits per heavy atom. The monoisotopic (exact) mass is 510 g/mol. The molecule has 4 aliphatic carbocycles. The van der Waals surface area contributed by atoms with Gasteiger partial charge in [-0.1, -0.05) is 6.92 Å². The SMILES string of the molecule is C[C@@]1(O)CC[C@@]2(CO)[C@@H](CC[C@H]3[C@@H]4CC[C@H](C(=O)CN5CCN(S(C)(=O)=O)CC5)[C@@]4(C)CC[C@@H]32)C1. The van der Waals surface area contributed by atoms with E-state index in [4.69, 9.17) is 0 Å². The van der Waals surface area contributed by atoms with Crippen LogP contribution in [-0.2, 0) is 14.8 Å². The molecule has 5 rings (SSSR count). The van der Waals surface area contributed by atoms with E-state index in [1.54, 1.807) is 0 Å². The highest BCUT2D eigenvalue weighted by molar-refractivity contribution is 7.88. The lowest BCUT2D eigenvalue weighted by Gasteiger charge is -2.62. The average molecular weight is 511 g/mol. The number of fused-ring (bicyclic) bond motifs is 5. The number of rotatable bonds is 5. The Hall–Kier alpha value is -0.540. The second-order valence-corrected chi connectivity index (χ2v) is 15.3. The topological polar surface area (TPSA) is 98.2 Å². The Bertz CT molecular complexity index is 930. The Kier molecular flexibility index (Phi) is 6.73. The van der Waals surface area contributed by atoms with Gasteiger partial charge in [0.05, 0.1) is 18.4 Å². The minimum Gasteiger partial charge on any atom is -0.396 e. The molecule has 0 unspecified atom stereocenters. The van der Waals surface area contributed by atoms with Crippen LogP contribution in [0.5, 0.6) is 0 Å². The van der Waals surface area contributed by atoms with Gasteiger partial charge in [0.15, 0.2) is 0 Å². The van der Waals surface area contributed by atoms with Crippen molar-refractivity contribution in [1.29, 1.82) is 0 Å². The van der Waals surface area contributed by atoms with Crippen LogP contribution in [-0.4, -0.2) is 84.8 Å². The van der Waals surface area contributed by atoms with Crippen LogP contribution in [0.4, 0.5) is 0 Å². The van der Waals surface area contributed by atoms with Gasteiger partial charge >= 0.3 is 0 Å². The number of hydrogen-bond donors (Lipinski definition) is 2. The summed E-state index contributed by atoms with van der Waals surface area (Å²) in [5.74, 6) is 2.49. The summed E-state index contributed by atoms with van der Waals surface area (Å²) in [6.45, 7) is 7.20. The predicted octanol–water partition coefficient (Wildman–Crippen LogP) is 2.52. The molecule has 1 aliphatic heterocycles. The van der Waals surface area contributed by atoms with Crippen molar-refractivity contribution in [3.8, 4) is 0 Å². The molecule has 7 nitrogen and oxygen atoms in total. The Morgan fingerprint density at radius 1 is 0.943 bits per heavy atom. The van der Waals surface area contributed by atoms with Crippen LogP contribution in [0.3, 0.4) is 0 Å². The Balaban J connectivity index is 1.26. The first-order chi connectivity index (χ1) is 16.4. The summed E-state index contributed by atoms with van der Waals surface area (Å²) in [4.78, 5) is 15.7. The third-order valence-electron chi connectivity index (χ3n) is 11.5. The van der Waals surface area contributed by atoms with Crippen molar-refractivity contribution in [1.82, 2.24) is 9.21 Å². The van der Waals surface area contributed by atoms with Crippen LogP contribution in [0.1, 0.15) is 71.6 Å². The number of aliphatic hydroxyl groups excluding tert-OH is 1. The van der Waals surface area contributed by atoms with Crippen LogP contribution in [0.25, 0.3) is 0 Å². The van der Waals surface area contributed by atoms with E-state index in [0.717, 1.165) is 51.4 Å². The van der Waals surface area contributed by atoms with Gasteiger partial charge in [-0.05, 0) is 99.2 Å². The van der Waals surface area contributed by atoms with Crippen LogP contribution in [0, 0.1) is 40.4 Å².